The van der Waals surface area contributed by atoms with Gasteiger partial charge in [0.1, 0.15) is 20.5 Å². The molecule has 0 aliphatic rings. The summed E-state index contributed by atoms with van der Waals surface area (Å²) < 4.78 is 26.4. The van der Waals surface area contributed by atoms with Crippen molar-refractivity contribution in [2.24, 2.45) is 0 Å². The maximum Gasteiger partial charge on any atom is 0.433 e. The van der Waals surface area contributed by atoms with Crippen LogP contribution in [-0.4, -0.2) is 31.9 Å². The van der Waals surface area contributed by atoms with Crippen molar-refractivity contribution >= 4 is 15.7 Å². The molecule has 16 heavy (non-hydrogen) atoms. The average molecular weight is 248 g/mol. The van der Waals surface area contributed by atoms with Crippen LogP contribution in [0.5, 0.6) is 0 Å². The summed E-state index contributed by atoms with van der Waals surface area (Å²) in [5, 5.41) is 13.1. The Morgan fingerprint density at radius 3 is 2.69 bits per heavy atom. The smallest absolute Gasteiger partial charge is 0.404 e. The van der Waals surface area contributed by atoms with E-state index >= 15 is 0 Å². The van der Waals surface area contributed by atoms with E-state index in [2.05, 4.69) is 5.32 Å². The van der Waals surface area contributed by atoms with Crippen molar-refractivity contribution in [3.05, 3.63) is 28.0 Å². The largest absolute Gasteiger partial charge is 0.433 e. The zero-order valence-electron chi connectivity index (χ0n) is 8.67. The summed E-state index contributed by atoms with van der Waals surface area (Å²) in [7, 11) is -2.99. The Morgan fingerprint density at radius 1 is 1.50 bits per heavy atom. The molecule has 0 saturated heterocycles. The molecule has 0 unspecified atom stereocenters. The van der Waals surface area contributed by atoms with Gasteiger partial charge in [-0.1, -0.05) is 0 Å². The molecule has 0 amide bonds. The second-order valence-electron chi connectivity index (χ2n) is 3.30. The third-order valence-electron chi connectivity index (χ3n) is 1.78. The van der Waals surface area contributed by atoms with E-state index in [9.17, 15) is 18.5 Å². The second-order valence-corrected chi connectivity index (χ2v) is 5.56. The number of nitrogens with one attached hydrogen (secondary N) is 1. The number of nitrogens with zero attached hydrogens (tertiary/aromatic N) is 1. The fourth-order valence-corrected chi connectivity index (χ4v) is 1.54. The minimum atomic E-state index is -2.99. The molecule has 8 heteroatoms. The molecule has 1 N–H and O–H groups in total. The highest BCUT2D eigenvalue weighted by Crippen LogP contribution is 2.14. The summed E-state index contributed by atoms with van der Waals surface area (Å²) in [5.41, 5.74) is 0. The van der Waals surface area contributed by atoms with E-state index in [0.29, 0.717) is 5.76 Å². The van der Waals surface area contributed by atoms with Crippen LogP contribution in [0.4, 0.5) is 5.88 Å². The number of sulfone groups is 1. The van der Waals surface area contributed by atoms with E-state index in [1.54, 1.807) is 0 Å². The number of nitro groups is 1. The monoisotopic (exact) mass is 248 g/mol. The van der Waals surface area contributed by atoms with Crippen molar-refractivity contribution in [3.63, 3.8) is 0 Å². The van der Waals surface area contributed by atoms with Crippen molar-refractivity contribution < 1.29 is 17.8 Å². The van der Waals surface area contributed by atoms with E-state index in [1.807, 2.05) is 0 Å². The standard InChI is InChI=1S/C8H12N2O5S/c1-16(13,14)5-4-9-6-7-2-3-8(15-7)10(11)12/h2-3,9H,4-6H2,1H3. The molecule has 0 atom stereocenters. The van der Waals surface area contributed by atoms with Gasteiger partial charge in [-0.2, -0.15) is 0 Å². The molecular weight excluding hydrogens is 236 g/mol. The lowest BCUT2D eigenvalue weighted by Crippen LogP contribution is -2.21. The van der Waals surface area contributed by atoms with Gasteiger partial charge in [0.25, 0.3) is 0 Å². The van der Waals surface area contributed by atoms with Gasteiger partial charge in [-0.05, 0) is 6.07 Å². The topological polar surface area (TPSA) is 102 Å². The maximum atomic E-state index is 10.8. The van der Waals surface area contributed by atoms with Gasteiger partial charge >= 0.3 is 5.88 Å². The summed E-state index contributed by atoms with van der Waals surface area (Å²) in [5.74, 6) is 0.107. The van der Waals surface area contributed by atoms with Crippen LogP contribution in [0.15, 0.2) is 16.5 Å². The first-order valence-electron chi connectivity index (χ1n) is 4.50. The van der Waals surface area contributed by atoms with Crippen LogP contribution < -0.4 is 5.32 Å². The maximum absolute atomic E-state index is 10.8. The van der Waals surface area contributed by atoms with Crippen LogP contribution in [0.2, 0.25) is 0 Å². The molecule has 0 bridgehead atoms. The third-order valence-corrected chi connectivity index (χ3v) is 2.72. The molecular formula is C8H12N2O5S. The summed E-state index contributed by atoms with van der Waals surface area (Å²) in [4.78, 5) is 9.66. The van der Waals surface area contributed by atoms with Gasteiger partial charge in [-0.15, -0.1) is 0 Å². The Bertz CT molecular complexity index is 465. The van der Waals surface area contributed by atoms with Gasteiger partial charge in [0, 0.05) is 12.8 Å². The van der Waals surface area contributed by atoms with Crippen LogP contribution in [0.25, 0.3) is 0 Å². The number of hydrogen-bond acceptors (Lipinski definition) is 6. The normalized spacial score (nSPS) is 11.6. The fraction of sp³-hybridized carbons (Fsp3) is 0.500. The van der Waals surface area contributed by atoms with Crippen molar-refractivity contribution in [2.45, 2.75) is 6.54 Å². The van der Waals surface area contributed by atoms with E-state index in [4.69, 9.17) is 4.42 Å². The lowest BCUT2D eigenvalue weighted by atomic mass is 10.4. The predicted molar refractivity (Wildman–Crippen MR) is 56.8 cm³/mol. The average Bonchev–Trinajstić information content (AvgIpc) is 2.59. The SMILES string of the molecule is CS(=O)(=O)CCNCc1ccc([N+](=O)[O-])o1. The molecule has 1 aromatic rings. The highest BCUT2D eigenvalue weighted by Gasteiger charge is 2.11. The molecule has 0 spiro atoms. The first-order valence-corrected chi connectivity index (χ1v) is 6.56. The lowest BCUT2D eigenvalue weighted by Gasteiger charge is -2.00. The Labute approximate surface area is 92.5 Å². The highest BCUT2D eigenvalue weighted by atomic mass is 32.2. The van der Waals surface area contributed by atoms with E-state index in [-0.39, 0.29) is 24.7 Å². The molecule has 7 nitrogen and oxygen atoms in total. The molecule has 0 aromatic carbocycles. The van der Waals surface area contributed by atoms with Crippen molar-refractivity contribution in [2.75, 3.05) is 18.6 Å². The number of hydrogen-bond donors (Lipinski definition) is 1. The third kappa shape index (κ3) is 4.41. The summed E-state index contributed by atoms with van der Waals surface area (Å²) in [6, 6.07) is 2.74. The Morgan fingerprint density at radius 2 is 2.19 bits per heavy atom. The molecule has 90 valence electrons. The number of rotatable bonds is 6. The molecule has 1 rings (SSSR count). The van der Waals surface area contributed by atoms with Gasteiger partial charge in [-0.25, -0.2) is 8.42 Å². The molecule has 1 heterocycles. The Hall–Kier alpha value is -1.41. The first-order chi connectivity index (χ1) is 7.38. The van der Waals surface area contributed by atoms with Crippen LogP contribution in [0, 0.1) is 10.1 Å². The van der Waals surface area contributed by atoms with Gasteiger partial charge < -0.3 is 9.73 Å². The van der Waals surface area contributed by atoms with Crippen LogP contribution in [0.1, 0.15) is 5.76 Å². The Balaban J connectivity index is 2.35. The van der Waals surface area contributed by atoms with Crippen LogP contribution in [0.3, 0.4) is 0 Å². The lowest BCUT2D eigenvalue weighted by molar-refractivity contribution is -0.402. The molecule has 0 saturated carbocycles. The van der Waals surface area contributed by atoms with Crippen LogP contribution in [-0.2, 0) is 16.4 Å². The summed E-state index contributed by atoms with van der Waals surface area (Å²) >= 11 is 0. The summed E-state index contributed by atoms with van der Waals surface area (Å²) in [6.07, 6.45) is 1.15. The molecule has 1 aromatic heterocycles. The first kappa shape index (κ1) is 12.7. The zero-order valence-corrected chi connectivity index (χ0v) is 9.49. The van der Waals surface area contributed by atoms with Crippen molar-refractivity contribution in [1.29, 1.82) is 0 Å². The van der Waals surface area contributed by atoms with Gasteiger partial charge in [-0.3, -0.25) is 10.1 Å². The molecule has 0 fully saturated rings. The minimum Gasteiger partial charge on any atom is -0.404 e. The summed E-state index contributed by atoms with van der Waals surface area (Å²) in [6.45, 7) is 0.552. The minimum absolute atomic E-state index is 0.0236. The van der Waals surface area contributed by atoms with E-state index in [1.165, 1.54) is 12.1 Å². The highest BCUT2D eigenvalue weighted by molar-refractivity contribution is 7.90. The molecule has 0 radical (unpaired) electrons. The van der Waals surface area contributed by atoms with Gasteiger partial charge in [0.05, 0.1) is 18.4 Å². The quantitative estimate of drug-likeness (QED) is 0.442. The molecule has 0 aliphatic heterocycles. The van der Waals surface area contributed by atoms with Crippen molar-refractivity contribution in [1.82, 2.24) is 5.32 Å². The second kappa shape index (κ2) is 5.08. The van der Waals surface area contributed by atoms with E-state index in [0.717, 1.165) is 6.26 Å². The van der Waals surface area contributed by atoms with Gasteiger partial charge in [0.2, 0.25) is 0 Å². The van der Waals surface area contributed by atoms with Crippen molar-refractivity contribution in [3.8, 4) is 0 Å². The fourth-order valence-electron chi connectivity index (χ4n) is 1.03. The Kier molecular flexibility index (Phi) is 4.02. The predicted octanol–water partition coefficient (Wildman–Crippen LogP) is 0.322. The van der Waals surface area contributed by atoms with Gasteiger partial charge in [0.15, 0.2) is 0 Å². The van der Waals surface area contributed by atoms with Crippen LogP contribution >= 0.6 is 0 Å². The zero-order chi connectivity index (χ0) is 12.2. The number of furan rings is 1. The molecule has 0 aliphatic carbocycles. The van der Waals surface area contributed by atoms with E-state index < -0.39 is 14.8 Å².